The fraction of sp³-hybridized carbons (Fsp3) is 0.0476. The lowest BCUT2D eigenvalue weighted by Gasteiger charge is -2.26. The van der Waals surface area contributed by atoms with Gasteiger partial charge in [0.15, 0.2) is 0 Å². The second kappa shape index (κ2) is 9.72. The smallest absolute Gasteiger partial charge is 0.0542 e. The van der Waals surface area contributed by atoms with Gasteiger partial charge in [-0.15, -0.1) is 0 Å². The number of nitrogens with zero attached hydrogens (tertiary/aromatic N) is 2. The maximum absolute atomic E-state index is 4.54. The molecule has 2 aliphatic rings. The van der Waals surface area contributed by atoms with Crippen LogP contribution in [0.2, 0.25) is 0 Å². The van der Waals surface area contributed by atoms with Crippen LogP contribution in [0.1, 0.15) is 24.0 Å². The second-order valence-corrected chi connectivity index (χ2v) is 11.8. The van der Waals surface area contributed by atoms with Crippen LogP contribution in [0.5, 0.6) is 0 Å². The molecule has 0 unspecified atom stereocenters. The predicted octanol–water partition coefficient (Wildman–Crippen LogP) is 11.5. The third-order valence-corrected chi connectivity index (χ3v) is 9.35. The summed E-state index contributed by atoms with van der Waals surface area (Å²) in [7, 11) is 0. The monoisotopic (exact) mass is 562 g/mol. The molecule has 1 aromatic heterocycles. The highest BCUT2D eigenvalue weighted by Crippen LogP contribution is 2.48. The SMILES string of the molecule is C=C1C2=C(C=CCC2)c2ccc(N(c3ccccc3)c3ccc4c(c3)c3ccccc3n4-c3cccc4ccccc34)cc21. The van der Waals surface area contributed by atoms with Crippen molar-refractivity contribution in [3.8, 4) is 5.69 Å². The van der Waals surface area contributed by atoms with Gasteiger partial charge in [0.1, 0.15) is 0 Å². The van der Waals surface area contributed by atoms with E-state index >= 15 is 0 Å². The normalized spacial score (nSPS) is 14.0. The predicted molar refractivity (Wildman–Crippen MR) is 187 cm³/mol. The van der Waals surface area contributed by atoms with Crippen LogP contribution in [-0.2, 0) is 0 Å². The maximum Gasteiger partial charge on any atom is 0.0542 e. The Kier molecular flexibility index (Phi) is 5.51. The number of hydrogen-bond acceptors (Lipinski definition) is 1. The highest BCUT2D eigenvalue weighted by Gasteiger charge is 2.26. The van der Waals surface area contributed by atoms with Gasteiger partial charge >= 0.3 is 0 Å². The Morgan fingerprint density at radius 3 is 2.20 bits per heavy atom. The molecule has 0 bridgehead atoms. The van der Waals surface area contributed by atoms with E-state index in [1.54, 1.807) is 0 Å². The number of allylic oxidation sites excluding steroid dienone is 5. The number of para-hydroxylation sites is 2. The summed E-state index contributed by atoms with van der Waals surface area (Å²) in [5.74, 6) is 0. The minimum atomic E-state index is 1.06. The average Bonchev–Trinajstić information content (AvgIpc) is 3.56. The molecule has 0 radical (unpaired) electrons. The molecule has 0 spiro atoms. The summed E-state index contributed by atoms with van der Waals surface area (Å²) < 4.78 is 2.42. The molecule has 2 aliphatic carbocycles. The van der Waals surface area contributed by atoms with E-state index in [1.165, 1.54) is 66.1 Å². The van der Waals surface area contributed by atoms with Gasteiger partial charge in [-0.05, 0) is 101 Å². The first-order valence-electron chi connectivity index (χ1n) is 15.4. The molecular formula is C42H30N2. The largest absolute Gasteiger partial charge is 0.310 e. The lowest BCUT2D eigenvalue weighted by Crippen LogP contribution is -2.10. The highest BCUT2D eigenvalue weighted by atomic mass is 15.1. The van der Waals surface area contributed by atoms with Crippen molar-refractivity contribution in [1.29, 1.82) is 0 Å². The Bertz CT molecular complexity index is 2340. The lowest BCUT2D eigenvalue weighted by molar-refractivity contribution is 1.01. The van der Waals surface area contributed by atoms with E-state index in [0.717, 1.165) is 29.9 Å². The van der Waals surface area contributed by atoms with Gasteiger partial charge in [-0.1, -0.05) is 97.6 Å². The van der Waals surface area contributed by atoms with Gasteiger partial charge in [0, 0.05) is 33.2 Å². The molecule has 7 aromatic rings. The Hall–Kier alpha value is -5.60. The molecule has 0 fully saturated rings. The van der Waals surface area contributed by atoms with Gasteiger partial charge in [0.2, 0.25) is 0 Å². The first-order chi connectivity index (χ1) is 21.8. The third kappa shape index (κ3) is 3.68. The number of anilines is 3. The zero-order valence-electron chi connectivity index (χ0n) is 24.4. The van der Waals surface area contributed by atoms with E-state index in [9.17, 15) is 0 Å². The Labute approximate surface area is 257 Å². The molecule has 6 aromatic carbocycles. The maximum atomic E-state index is 4.54. The molecule has 2 nitrogen and oxygen atoms in total. The quantitative estimate of drug-likeness (QED) is 0.207. The van der Waals surface area contributed by atoms with Crippen LogP contribution in [0.4, 0.5) is 17.1 Å². The zero-order chi connectivity index (χ0) is 29.2. The second-order valence-electron chi connectivity index (χ2n) is 11.8. The minimum absolute atomic E-state index is 1.06. The van der Waals surface area contributed by atoms with Gasteiger partial charge in [-0.3, -0.25) is 0 Å². The molecule has 208 valence electrons. The van der Waals surface area contributed by atoms with Crippen LogP contribution < -0.4 is 4.90 Å². The van der Waals surface area contributed by atoms with E-state index in [-0.39, 0.29) is 0 Å². The van der Waals surface area contributed by atoms with E-state index in [0.29, 0.717) is 0 Å². The molecule has 0 atom stereocenters. The lowest BCUT2D eigenvalue weighted by atomic mass is 9.96. The van der Waals surface area contributed by atoms with Crippen molar-refractivity contribution in [3.05, 3.63) is 169 Å². The van der Waals surface area contributed by atoms with E-state index in [1.807, 2.05) is 0 Å². The highest BCUT2D eigenvalue weighted by molar-refractivity contribution is 6.12. The summed E-state index contributed by atoms with van der Waals surface area (Å²) in [6.45, 7) is 4.54. The van der Waals surface area contributed by atoms with E-state index in [4.69, 9.17) is 0 Å². The Balaban J connectivity index is 1.26. The number of rotatable bonds is 4. The Morgan fingerprint density at radius 2 is 1.30 bits per heavy atom. The summed E-state index contributed by atoms with van der Waals surface area (Å²) >= 11 is 0. The first kappa shape index (κ1) is 24.9. The fourth-order valence-electron chi connectivity index (χ4n) is 7.34. The number of benzene rings is 6. The van der Waals surface area contributed by atoms with Crippen molar-refractivity contribution in [2.75, 3.05) is 4.90 Å². The number of fused-ring (bicyclic) bond motifs is 6. The zero-order valence-corrected chi connectivity index (χ0v) is 24.4. The molecule has 44 heavy (non-hydrogen) atoms. The standard InChI is InChI=1S/C42H30N2/c1-28-33-16-7-8-18-35(33)36-24-22-31(26-38(28)36)43(30-14-3-2-4-15-30)32-23-25-42-39(27-32)37-19-9-10-20-41(37)44(42)40-21-11-13-29-12-5-6-17-34(29)40/h2-6,8-15,17-27H,1,7,16H2. The van der Waals surface area contributed by atoms with Crippen molar-refractivity contribution in [2.24, 2.45) is 0 Å². The molecule has 0 N–H and O–H groups in total. The third-order valence-electron chi connectivity index (χ3n) is 9.35. The van der Waals surface area contributed by atoms with Crippen molar-refractivity contribution in [2.45, 2.75) is 12.8 Å². The van der Waals surface area contributed by atoms with Crippen molar-refractivity contribution in [3.63, 3.8) is 0 Å². The summed E-state index contributed by atoms with van der Waals surface area (Å²) in [4.78, 5) is 2.38. The van der Waals surface area contributed by atoms with Crippen LogP contribution >= 0.6 is 0 Å². The van der Waals surface area contributed by atoms with Gasteiger partial charge in [-0.25, -0.2) is 0 Å². The van der Waals surface area contributed by atoms with Crippen LogP contribution in [0.3, 0.4) is 0 Å². The molecular weight excluding hydrogens is 532 g/mol. The van der Waals surface area contributed by atoms with Gasteiger partial charge in [0.25, 0.3) is 0 Å². The molecule has 2 heteroatoms. The fourth-order valence-corrected chi connectivity index (χ4v) is 7.34. The van der Waals surface area contributed by atoms with E-state index in [2.05, 4.69) is 162 Å². The van der Waals surface area contributed by atoms with E-state index < -0.39 is 0 Å². The topological polar surface area (TPSA) is 8.17 Å². The van der Waals surface area contributed by atoms with Gasteiger partial charge in [-0.2, -0.15) is 0 Å². The van der Waals surface area contributed by atoms with Crippen LogP contribution in [0.25, 0.3) is 49.4 Å². The van der Waals surface area contributed by atoms with Crippen molar-refractivity contribution in [1.82, 2.24) is 4.57 Å². The van der Waals surface area contributed by atoms with Gasteiger partial charge in [0.05, 0.1) is 16.7 Å². The van der Waals surface area contributed by atoms with Crippen molar-refractivity contribution >= 4 is 60.8 Å². The number of hydrogen-bond donors (Lipinski definition) is 0. The van der Waals surface area contributed by atoms with Crippen LogP contribution in [0.15, 0.2) is 158 Å². The molecule has 0 amide bonds. The first-order valence-corrected chi connectivity index (χ1v) is 15.4. The molecule has 0 saturated heterocycles. The minimum Gasteiger partial charge on any atom is -0.310 e. The van der Waals surface area contributed by atoms with Gasteiger partial charge < -0.3 is 9.47 Å². The van der Waals surface area contributed by atoms with Crippen LogP contribution in [-0.4, -0.2) is 4.57 Å². The average molecular weight is 563 g/mol. The molecule has 0 saturated carbocycles. The summed E-state index contributed by atoms with van der Waals surface area (Å²) in [6, 6.07) is 48.5. The molecule has 9 rings (SSSR count). The summed E-state index contributed by atoms with van der Waals surface area (Å²) in [5.41, 5.74) is 13.5. The number of aromatic nitrogens is 1. The molecule has 0 aliphatic heterocycles. The van der Waals surface area contributed by atoms with Crippen LogP contribution in [0, 0.1) is 0 Å². The van der Waals surface area contributed by atoms with Crippen molar-refractivity contribution < 1.29 is 0 Å². The summed E-state index contributed by atoms with van der Waals surface area (Å²) in [6.07, 6.45) is 6.72. The molecule has 1 heterocycles. The Morgan fingerprint density at radius 1 is 0.568 bits per heavy atom. The summed E-state index contributed by atoms with van der Waals surface area (Å²) in [5, 5.41) is 4.97.